The van der Waals surface area contributed by atoms with Gasteiger partial charge in [-0.2, -0.15) is 0 Å². The van der Waals surface area contributed by atoms with Crippen LogP contribution in [0.5, 0.6) is 0 Å². The number of carbonyl (C=O) groups is 3. The van der Waals surface area contributed by atoms with Crippen LogP contribution in [0.4, 0.5) is 0 Å². The van der Waals surface area contributed by atoms with E-state index < -0.39 is 12.1 Å². The van der Waals surface area contributed by atoms with Crippen molar-refractivity contribution in [2.75, 3.05) is 13.2 Å². The van der Waals surface area contributed by atoms with Crippen molar-refractivity contribution in [2.45, 2.75) is 297 Å². The molecule has 0 aromatic rings. The lowest BCUT2D eigenvalue weighted by Crippen LogP contribution is -2.30. The Morgan fingerprint density at radius 1 is 0.278 bits per heavy atom. The summed E-state index contributed by atoms with van der Waals surface area (Å²) in [6.45, 7) is 6.34. The number of esters is 3. The van der Waals surface area contributed by atoms with Gasteiger partial charge < -0.3 is 14.2 Å². The van der Waals surface area contributed by atoms with E-state index in [4.69, 9.17) is 14.2 Å². The quantitative estimate of drug-likeness (QED) is 0.0261. The van der Waals surface area contributed by atoms with Crippen LogP contribution in [0.2, 0.25) is 0 Å². The second-order valence-electron chi connectivity index (χ2n) is 21.3. The molecule has 0 rings (SSSR count). The van der Waals surface area contributed by atoms with Crippen LogP contribution < -0.4 is 0 Å². The normalized spacial score (nSPS) is 13.0. The molecule has 6 heteroatoms. The minimum absolute atomic E-state index is 0.111. The van der Waals surface area contributed by atoms with Crippen molar-refractivity contribution in [2.24, 2.45) is 0 Å². The third-order valence-corrected chi connectivity index (χ3v) is 13.7. The summed E-state index contributed by atoms with van der Waals surface area (Å²) in [5, 5.41) is 0. The van der Waals surface area contributed by atoms with Gasteiger partial charge >= 0.3 is 17.9 Å². The fourth-order valence-electron chi connectivity index (χ4n) is 8.87. The van der Waals surface area contributed by atoms with Gasteiger partial charge in [-0.3, -0.25) is 14.4 Å². The molecule has 0 aliphatic rings. The molecule has 79 heavy (non-hydrogen) atoms. The Hall–Kier alpha value is -4.45. The zero-order chi connectivity index (χ0) is 57.1. The summed E-state index contributed by atoms with van der Waals surface area (Å²) in [5.41, 5.74) is 0. The first-order valence-corrected chi connectivity index (χ1v) is 32.7. The van der Waals surface area contributed by atoms with E-state index >= 15 is 0 Å². The van der Waals surface area contributed by atoms with Crippen molar-refractivity contribution in [1.29, 1.82) is 0 Å². The average molecular weight is 1090 g/mol. The summed E-state index contributed by atoms with van der Waals surface area (Å²) < 4.78 is 16.8. The maximum Gasteiger partial charge on any atom is 0.309 e. The standard InChI is InChI=1S/C73H120O6/c1-4-7-10-13-16-19-22-25-28-30-31-32-33-34-35-36-37-38-39-40-41-43-45-48-51-54-57-60-63-66-72(75)78-69-70(68-77-71(74)65-62-59-56-53-50-47-44-27-24-21-18-15-12-9-6-3)79-73(76)67-64-61-58-55-52-49-46-42-29-26-23-20-17-14-11-8-5-2/h7,9-10,12,16,18-19,21,25,27-28,31-32,34-35,37-38,44,50,53,59,62,70H,4-6,8,11,13-15,17,20,22-24,26,29-30,33,36,39-43,45-49,51-52,54-58,60-61,63-69H2,1-3H3/b10-7-,12-9-,19-16-,21-18-,28-25-,32-31-,35-34-,38-37-,44-27-,53-50-,62-59-. The molecule has 1 unspecified atom stereocenters. The molecule has 0 bridgehead atoms. The number of hydrogen-bond donors (Lipinski definition) is 0. The van der Waals surface area contributed by atoms with Gasteiger partial charge in [0, 0.05) is 12.8 Å². The van der Waals surface area contributed by atoms with Crippen LogP contribution in [0.25, 0.3) is 0 Å². The third-order valence-electron chi connectivity index (χ3n) is 13.7. The molecule has 0 heterocycles. The van der Waals surface area contributed by atoms with Crippen molar-refractivity contribution >= 4 is 17.9 Å². The predicted octanol–water partition coefficient (Wildman–Crippen LogP) is 22.5. The molecular formula is C73H120O6. The van der Waals surface area contributed by atoms with Gasteiger partial charge in [-0.05, 0) is 96.3 Å². The Morgan fingerprint density at radius 2 is 0.544 bits per heavy atom. The Labute approximate surface area is 487 Å². The zero-order valence-corrected chi connectivity index (χ0v) is 51.3. The summed E-state index contributed by atoms with van der Waals surface area (Å²) in [7, 11) is 0. The van der Waals surface area contributed by atoms with Gasteiger partial charge in [-0.15, -0.1) is 0 Å². The van der Waals surface area contributed by atoms with Crippen molar-refractivity contribution in [3.63, 3.8) is 0 Å². The molecule has 0 N–H and O–H groups in total. The van der Waals surface area contributed by atoms with E-state index in [-0.39, 0.29) is 31.6 Å². The SMILES string of the molecule is CC/C=C\C/C=C\C/C=C\C/C=C\C/C=C\C/C=C\CCCCCCCCCCCCC(=O)OCC(COC(=O)C/C=C\C/C=C\C/C=C\C/C=C\C/C=C\CC)OC(=O)CCCCCCCCCCCCCCCCCCC. The van der Waals surface area contributed by atoms with Crippen LogP contribution in [0.3, 0.4) is 0 Å². The Balaban J connectivity index is 4.38. The van der Waals surface area contributed by atoms with Crippen LogP contribution in [-0.2, 0) is 28.6 Å². The summed E-state index contributed by atoms with van der Waals surface area (Å²) >= 11 is 0. The molecule has 0 aromatic heterocycles. The molecule has 0 saturated carbocycles. The first-order chi connectivity index (χ1) is 39.0. The topological polar surface area (TPSA) is 78.9 Å². The highest BCUT2D eigenvalue weighted by Crippen LogP contribution is 2.16. The maximum absolute atomic E-state index is 12.9. The molecule has 0 radical (unpaired) electrons. The van der Waals surface area contributed by atoms with Crippen LogP contribution in [-0.4, -0.2) is 37.2 Å². The average Bonchev–Trinajstić information content (AvgIpc) is 3.45. The van der Waals surface area contributed by atoms with E-state index in [9.17, 15) is 14.4 Å². The number of rotatable bonds is 58. The summed E-state index contributed by atoms with van der Waals surface area (Å²) in [4.78, 5) is 38.3. The van der Waals surface area contributed by atoms with Crippen LogP contribution >= 0.6 is 0 Å². The van der Waals surface area contributed by atoms with E-state index in [1.807, 2.05) is 6.08 Å². The molecular weight excluding hydrogens is 973 g/mol. The van der Waals surface area contributed by atoms with Gasteiger partial charge in [0.15, 0.2) is 6.10 Å². The molecule has 0 spiro atoms. The molecule has 0 aliphatic carbocycles. The largest absolute Gasteiger partial charge is 0.462 e. The Kier molecular flexibility index (Phi) is 62.3. The molecule has 0 saturated heterocycles. The Morgan fingerprint density at radius 3 is 0.886 bits per heavy atom. The van der Waals surface area contributed by atoms with Crippen molar-refractivity contribution < 1.29 is 28.6 Å². The summed E-state index contributed by atoms with van der Waals surface area (Å²) in [5.74, 6) is -1.04. The molecule has 0 amide bonds. The van der Waals surface area contributed by atoms with Crippen molar-refractivity contribution in [3.05, 3.63) is 134 Å². The van der Waals surface area contributed by atoms with Gasteiger partial charge in [0.1, 0.15) is 13.2 Å². The van der Waals surface area contributed by atoms with Crippen LogP contribution in [0.1, 0.15) is 290 Å². The lowest BCUT2D eigenvalue weighted by atomic mass is 10.0. The summed E-state index contributed by atoms with van der Waals surface area (Å²) in [6, 6.07) is 0. The molecule has 0 aromatic carbocycles. The van der Waals surface area contributed by atoms with Crippen molar-refractivity contribution in [1.82, 2.24) is 0 Å². The smallest absolute Gasteiger partial charge is 0.309 e. The lowest BCUT2D eigenvalue weighted by molar-refractivity contribution is -0.166. The van der Waals surface area contributed by atoms with Gasteiger partial charge in [-0.1, -0.05) is 309 Å². The highest BCUT2D eigenvalue weighted by atomic mass is 16.6. The molecule has 0 aliphatic heterocycles. The van der Waals surface area contributed by atoms with Gasteiger partial charge in [0.2, 0.25) is 0 Å². The molecule has 6 nitrogen and oxygen atoms in total. The highest BCUT2D eigenvalue weighted by Gasteiger charge is 2.19. The van der Waals surface area contributed by atoms with E-state index in [1.54, 1.807) is 6.08 Å². The maximum atomic E-state index is 12.9. The van der Waals surface area contributed by atoms with E-state index in [2.05, 4.69) is 142 Å². The number of unbranched alkanes of at least 4 members (excludes halogenated alkanes) is 26. The minimum atomic E-state index is -0.823. The molecule has 1 atom stereocenters. The monoisotopic (exact) mass is 1090 g/mol. The van der Waals surface area contributed by atoms with Gasteiger partial charge in [-0.25, -0.2) is 0 Å². The second kappa shape index (κ2) is 66.1. The van der Waals surface area contributed by atoms with E-state index in [0.29, 0.717) is 12.8 Å². The first kappa shape index (κ1) is 74.5. The lowest BCUT2D eigenvalue weighted by Gasteiger charge is -2.18. The van der Waals surface area contributed by atoms with Crippen LogP contribution in [0, 0.1) is 0 Å². The number of carbonyl (C=O) groups excluding carboxylic acids is 3. The second-order valence-corrected chi connectivity index (χ2v) is 21.3. The van der Waals surface area contributed by atoms with E-state index in [1.165, 1.54) is 141 Å². The fourth-order valence-corrected chi connectivity index (χ4v) is 8.87. The number of hydrogen-bond acceptors (Lipinski definition) is 6. The Bertz CT molecular complexity index is 1680. The van der Waals surface area contributed by atoms with Crippen LogP contribution in [0.15, 0.2) is 134 Å². The van der Waals surface area contributed by atoms with Gasteiger partial charge in [0.25, 0.3) is 0 Å². The molecule has 0 fully saturated rings. The van der Waals surface area contributed by atoms with Gasteiger partial charge in [0.05, 0.1) is 6.42 Å². The highest BCUT2D eigenvalue weighted by molar-refractivity contribution is 5.72. The van der Waals surface area contributed by atoms with E-state index in [0.717, 1.165) is 109 Å². The third kappa shape index (κ3) is 64.3. The minimum Gasteiger partial charge on any atom is -0.462 e. The predicted molar refractivity (Wildman–Crippen MR) is 343 cm³/mol. The zero-order valence-electron chi connectivity index (χ0n) is 51.3. The van der Waals surface area contributed by atoms with Crippen molar-refractivity contribution in [3.8, 4) is 0 Å². The first-order valence-electron chi connectivity index (χ1n) is 32.7. The summed E-state index contributed by atoms with van der Waals surface area (Å²) in [6.07, 6.45) is 93.4. The number of ether oxygens (including phenoxy) is 3. The number of allylic oxidation sites excluding steroid dienone is 21. The fraction of sp³-hybridized carbons (Fsp3) is 0.658. The molecule has 448 valence electrons.